The van der Waals surface area contributed by atoms with Gasteiger partial charge in [-0.3, -0.25) is 4.79 Å². The van der Waals surface area contributed by atoms with Crippen LogP contribution in [-0.2, 0) is 31.1 Å². The Labute approximate surface area is 147 Å². The molecule has 2 aliphatic rings. The van der Waals surface area contributed by atoms with E-state index < -0.39 is 19.9 Å². The molecule has 0 aliphatic carbocycles. The molecule has 0 aromatic heterocycles. The summed E-state index contributed by atoms with van der Waals surface area (Å²) in [4.78, 5) is 16.0. The number of rotatable bonds is 4. The molecule has 1 aromatic carbocycles. The molecule has 0 unspecified atom stereocenters. The van der Waals surface area contributed by atoms with Gasteiger partial charge in [0.05, 0.1) is 22.9 Å². The van der Waals surface area contributed by atoms with Gasteiger partial charge in [0, 0.05) is 25.3 Å². The Bertz CT molecular complexity index is 911. The summed E-state index contributed by atoms with van der Waals surface area (Å²) in [6.45, 7) is 0.737. The molecule has 0 bridgehead atoms. The van der Waals surface area contributed by atoms with Gasteiger partial charge in [0.2, 0.25) is 15.9 Å². The Hall–Kier alpha value is -1.65. The number of amides is 1. The molecule has 8 nitrogen and oxygen atoms in total. The first-order chi connectivity index (χ1) is 11.6. The molecule has 2 heterocycles. The fraction of sp³-hybridized carbons (Fsp3) is 0.533. The van der Waals surface area contributed by atoms with Gasteiger partial charge in [0.1, 0.15) is 0 Å². The SMILES string of the molecule is CN(C(=O)CN1CCc2cc(S(N)(=O)=O)ccc21)[C@@H]1CCS(=O)(=O)C1. The van der Waals surface area contributed by atoms with Crippen LogP contribution in [0.4, 0.5) is 5.69 Å². The second-order valence-corrected chi connectivity index (χ2v) is 10.4. The van der Waals surface area contributed by atoms with E-state index in [-0.39, 0.29) is 34.9 Å². The summed E-state index contributed by atoms with van der Waals surface area (Å²) in [6.07, 6.45) is 1.10. The summed E-state index contributed by atoms with van der Waals surface area (Å²) < 4.78 is 46.0. The van der Waals surface area contributed by atoms with E-state index in [0.29, 0.717) is 19.4 Å². The topological polar surface area (TPSA) is 118 Å². The van der Waals surface area contributed by atoms with Gasteiger partial charge in [-0.25, -0.2) is 22.0 Å². The predicted octanol–water partition coefficient (Wildman–Crippen LogP) is -0.658. The monoisotopic (exact) mass is 387 g/mol. The molecule has 2 aliphatic heterocycles. The lowest BCUT2D eigenvalue weighted by atomic mass is 10.2. The van der Waals surface area contributed by atoms with Crippen molar-refractivity contribution in [3.05, 3.63) is 23.8 Å². The quantitative estimate of drug-likeness (QED) is 0.733. The Morgan fingerprint density at radius 1 is 1.40 bits per heavy atom. The number of carbonyl (C=O) groups is 1. The van der Waals surface area contributed by atoms with Crippen LogP contribution < -0.4 is 10.0 Å². The van der Waals surface area contributed by atoms with Crippen LogP contribution in [0.25, 0.3) is 0 Å². The van der Waals surface area contributed by atoms with E-state index in [4.69, 9.17) is 5.14 Å². The molecule has 10 heteroatoms. The summed E-state index contributed by atoms with van der Waals surface area (Å²) >= 11 is 0. The third kappa shape index (κ3) is 3.80. The molecule has 0 radical (unpaired) electrons. The van der Waals surface area contributed by atoms with Gasteiger partial charge in [0.25, 0.3) is 0 Å². The molecule has 1 saturated heterocycles. The molecule has 0 saturated carbocycles. The average molecular weight is 387 g/mol. The molecule has 2 N–H and O–H groups in total. The van der Waals surface area contributed by atoms with Crippen LogP contribution in [0.5, 0.6) is 0 Å². The molecule has 1 atom stereocenters. The van der Waals surface area contributed by atoms with E-state index in [1.807, 2.05) is 4.90 Å². The van der Waals surface area contributed by atoms with Crippen molar-refractivity contribution in [1.82, 2.24) is 4.90 Å². The van der Waals surface area contributed by atoms with E-state index in [0.717, 1.165) is 11.3 Å². The fourth-order valence-corrected chi connectivity index (χ4v) is 5.69. The van der Waals surface area contributed by atoms with Gasteiger partial charge < -0.3 is 9.80 Å². The van der Waals surface area contributed by atoms with Gasteiger partial charge in [-0.2, -0.15) is 0 Å². The van der Waals surface area contributed by atoms with Crippen LogP contribution in [0.1, 0.15) is 12.0 Å². The van der Waals surface area contributed by atoms with Gasteiger partial charge >= 0.3 is 0 Å². The number of nitrogens with zero attached hydrogens (tertiary/aromatic N) is 2. The molecule has 1 fully saturated rings. The zero-order chi connectivity index (χ0) is 18.4. The molecule has 138 valence electrons. The Morgan fingerprint density at radius 3 is 2.72 bits per heavy atom. The summed E-state index contributed by atoms with van der Waals surface area (Å²) in [6, 6.07) is 4.37. The number of sulfone groups is 1. The fourth-order valence-electron chi connectivity index (χ4n) is 3.35. The highest BCUT2D eigenvalue weighted by Crippen LogP contribution is 2.30. The first-order valence-corrected chi connectivity index (χ1v) is 11.3. The number of benzene rings is 1. The average Bonchev–Trinajstić information content (AvgIpc) is 3.08. The number of sulfonamides is 1. The maximum Gasteiger partial charge on any atom is 0.242 e. The number of primary sulfonamides is 1. The molecule has 1 amide bonds. The predicted molar refractivity (Wildman–Crippen MR) is 93.6 cm³/mol. The van der Waals surface area contributed by atoms with Crippen molar-refractivity contribution in [2.75, 3.05) is 36.5 Å². The van der Waals surface area contributed by atoms with Gasteiger partial charge in [-0.05, 0) is 36.6 Å². The van der Waals surface area contributed by atoms with Crippen LogP contribution in [0.3, 0.4) is 0 Å². The van der Waals surface area contributed by atoms with Crippen molar-refractivity contribution >= 4 is 31.5 Å². The van der Waals surface area contributed by atoms with Crippen molar-refractivity contribution in [3.8, 4) is 0 Å². The normalized spacial score (nSPS) is 22.0. The van der Waals surface area contributed by atoms with Gasteiger partial charge in [-0.15, -0.1) is 0 Å². The van der Waals surface area contributed by atoms with Crippen molar-refractivity contribution in [3.63, 3.8) is 0 Å². The van der Waals surface area contributed by atoms with Crippen LogP contribution >= 0.6 is 0 Å². The first-order valence-electron chi connectivity index (χ1n) is 7.93. The number of fused-ring (bicyclic) bond motifs is 1. The molecular weight excluding hydrogens is 366 g/mol. The minimum Gasteiger partial charge on any atom is -0.362 e. The van der Waals surface area contributed by atoms with Gasteiger partial charge in [0.15, 0.2) is 9.84 Å². The Kier molecular flexibility index (Phi) is 4.54. The summed E-state index contributed by atoms with van der Waals surface area (Å²) in [5, 5.41) is 5.15. The smallest absolute Gasteiger partial charge is 0.242 e. The largest absolute Gasteiger partial charge is 0.362 e. The number of hydrogen-bond acceptors (Lipinski definition) is 6. The Morgan fingerprint density at radius 2 is 2.12 bits per heavy atom. The minimum atomic E-state index is -3.75. The highest BCUT2D eigenvalue weighted by molar-refractivity contribution is 7.91. The third-order valence-corrected chi connectivity index (χ3v) is 7.51. The second kappa shape index (κ2) is 6.26. The summed E-state index contributed by atoms with van der Waals surface area (Å²) in [5.41, 5.74) is 1.65. The molecule has 1 aromatic rings. The minimum absolute atomic E-state index is 0.0174. The zero-order valence-electron chi connectivity index (χ0n) is 13.9. The van der Waals surface area contributed by atoms with E-state index in [2.05, 4.69) is 0 Å². The van der Waals surface area contributed by atoms with E-state index in [1.54, 1.807) is 19.2 Å². The lowest BCUT2D eigenvalue weighted by Crippen LogP contribution is -2.43. The maximum absolute atomic E-state index is 12.5. The van der Waals surface area contributed by atoms with Crippen molar-refractivity contribution < 1.29 is 21.6 Å². The Balaban J connectivity index is 1.70. The highest BCUT2D eigenvalue weighted by atomic mass is 32.2. The number of hydrogen-bond donors (Lipinski definition) is 1. The second-order valence-electron chi connectivity index (χ2n) is 6.57. The summed E-state index contributed by atoms with van der Waals surface area (Å²) in [5.74, 6) is -0.00711. The highest BCUT2D eigenvalue weighted by Gasteiger charge is 2.33. The number of anilines is 1. The zero-order valence-corrected chi connectivity index (χ0v) is 15.5. The van der Waals surface area contributed by atoms with Crippen molar-refractivity contribution in [2.24, 2.45) is 5.14 Å². The number of likely N-dealkylation sites (N-methyl/N-ethyl adjacent to an activating group) is 1. The standard InChI is InChI=1S/C15H21N3O5S2/c1-17(12-5-7-24(20,21)10-12)15(19)9-18-6-4-11-8-13(25(16,22)23)2-3-14(11)18/h2-3,8,12H,4-7,9-10H2,1H3,(H2,16,22,23)/t12-/m1/s1. The lowest BCUT2D eigenvalue weighted by Gasteiger charge is -2.27. The van der Waals surface area contributed by atoms with Crippen LogP contribution in [0.2, 0.25) is 0 Å². The third-order valence-electron chi connectivity index (χ3n) is 4.85. The lowest BCUT2D eigenvalue weighted by molar-refractivity contribution is -0.130. The molecule has 0 spiro atoms. The number of carbonyl (C=O) groups excluding carboxylic acids is 1. The van der Waals surface area contributed by atoms with Crippen molar-refractivity contribution in [1.29, 1.82) is 0 Å². The van der Waals surface area contributed by atoms with E-state index >= 15 is 0 Å². The van der Waals surface area contributed by atoms with Gasteiger partial charge in [-0.1, -0.05) is 0 Å². The van der Waals surface area contributed by atoms with Crippen LogP contribution in [0, 0.1) is 0 Å². The van der Waals surface area contributed by atoms with Crippen LogP contribution in [-0.4, -0.2) is 65.3 Å². The van der Waals surface area contributed by atoms with Crippen molar-refractivity contribution in [2.45, 2.75) is 23.8 Å². The van der Waals surface area contributed by atoms with Crippen LogP contribution in [0.15, 0.2) is 23.1 Å². The summed E-state index contributed by atoms with van der Waals surface area (Å²) in [7, 11) is -5.16. The first kappa shape index (κ1) is 18.2. The van der Waals surface area contributed by atoms with E-state index in [9.17, 15) is 21.6 Å². The number of nitrogens with two attached hydrogens (primary N) is 1. The molecular formula is C15H21N3O5S2. The maximum atomic E-state index is 12.5. The van der Waals surface area contributed by atoms with E-state index in [1.165, 1.54) is 11.0 Å². The molecule has 3 rings (SSSR count). The molecule has 25 heavy (non-hydrogen) atoms.